The number of rotatable bonds is 6. The van der Waals surface area contributed by atoms with Crippen LogP contribution in [0.2, 0.25) is 0 Å². The minimum Gasteiger partial charge on any atom is -0.389 e. The average molecular weight is 277 g/mol. The molecule has 0 aliphatic carbocycles. The Hall–Kier alpha value is -1.96. The summed E-state index contributed by atoms with van der Waals surface area (Å²) in [5.74, 6) is 6.44. The van der Waals surface area contributed by atoms with Crippen molar-refractivity contribution in [2.24, 2.45) is 5.84 Å². The Morgan fingerprint density at radius 3 is 2.85 bits per heavy atom. The lowest BCUT2D eigenvalue weighted by atomic mass is 10.2. The second-order valence-corrected chi connectivity index (χ2v) is 4.52. The molecule has 0 aliphatic rings. The van der Waals surface area contributed by atoms with Crippen LogP contribution in [0.3, 0.4) is 0 Å². The van der Waals surface area contributed by atoms with Gasteiger partial charge in [-0.25, -0.2) is 10.8 Å². The van der Waals surface area contributed by atoms with Crippen LogP contribution < -0.4 is 16.2 Å². The van der Waals surface area contributed by atoms with E-state index in [1.165, 1.54) is 0 Å². The number of nitrogens with one attached hydrogen (secondary N) is 1. The zero-order valence-corrected chi connectivity index (χ0v) is 11.6. The van der Waals surface area contributed by atoms with Crippen LogP contribution in [0.4, 0.5) is 11.8 Å². The third kappa shape index (κ3) is 3.13. The maximum atomic E-state index is 9.83. The molecular formula is C13H19N5O2. The number of hydrogen-bond acceptors (Lipinski definition) is 7. The van der Waals surface area contributed by atoms with Crippen molar-refractivity contribution in [1.29, 1.82) is 0 Å². The molecule has 1 aromatic carbocycles. The van der Waals surface area contributed by atoms with Gasteiger partial charge in [-0.3, -0.25) is 5.43 Å². The van der Waals surface area contributed by atoms with E-state index in [-0.39, 0.29) is 6.61 Å². The molecule has 1 heterocycles. The number of nitrogens with two attached hydrogens (primary N) is 1. The van der Waals surface area contributed by atoms with Crippen LogP contribution in [0.25, 0.3) is 10.9 Å². The summed E-state index contributed by atoms with van der Waals surface area (Å²) in [4.78, 5) is 10.5. The maximum absolute atomic E-state index is 9.83. The van der Waals surface area contributed by atoms with Gasteiger partial charge in [-0.2, -0.15) is 4.98 Å². The van der Waals surface area contributed by atoms with Gasteiger partial charge in [0, 0.05) is 26.1 Å². The molecule has 2 rings (SSSR count). The van der Waals surface area contributed by atoms with Gasteiger partial charge in [0.15, 0.2) is 0 Å². The molecule has 108 valence electrons. The molecule has 0 amide bonds. The Labute approximate surface area is 117 Å². The van der Waals surface area contributed by atoms with Gasteiger partial charge < -0.3 is 14.7 Å². The summed E-state index contributed by atoms with van der Waals surface area (Å²) in [5, 5.41) is 10.7. The van der Waals surface area contributed by atoms with Gasteiger partial charge in [0.25, 0.3) is 0 Å². The van der Waals surface area contributed by atoms with Crippen molar-refractivity contribution in [1.82, 2.24) is 9.97 Å². The maximum Gasteiger partial charge on any atom is 0.239 e. The summed E-state index contributed by atoms with van der Waals surface area (Å²) in [6.45, 7) is 0.675. The number of nitrogens with zero attached hydrogens (tertiary/aromatic N) is 3. The number of aromatic nitrogens is 2. The smallest absolute Gasteiger partial charge is 0.239 e. The topological polar surface area (TPSA) is 96.5 Å². The van der Waals surface area contributed by atoms with Crippen molar-refractivity contribution >= 4 is 22.7 Å². The largest absolute Gasteiger partial charge is 0.389 e. The molecule has 1 atom stereocenters. The van der Waals surface area contributed by atoms with Gasteiger partial charge in [0.05, 0.1) is 18.2 Å². The molecule has 0 saturated heterocycles. The van der Waals surface area contributed by atoms with Crippen molar-refractivity contribution in [3.05, 3.63) is 24.3 Å². The number of hydrazine groups is 1. The third-order valence-corrected chi connectivity index (χ3v) is 2.92. The van der Waals surface area contributed by atoms with E-state index < -0.39 is 6.10 Å². The normalized spacial score (nSPS) is 12.4. The molecule has 0 aliphatic heterocycles. The molecule has 0 fully saturated rings. The van der Waals surface area contributed by atoms with Gasteiger partial charge >= 0.3 is 0 Å². The number of hydrogen-bond donors (Lipinski definition) is 3. The number of anilines is 2. The summed E-state index contributed by atoms with van der Waals surface area (Å²) >= 11 is 0. The highest BCUT2D eigenvalue weighted by molar-refractivity contribution is 5.90. The molecule has 1 aromatic heterocycles. The minimum absolute atomic E-state index is 0.273. The predicted molar refractivity (Wildman–Crippen MR) is 78.5 cm³/mol. The zero-order chi connectivity index (χ0) is 14.5. The molecule has 20 heavy (non-hydrogen) atoms. The number of methoxy groups -OCH3 is 1. The molecule has 0 spiro atoms. The monoisotopic (exact) mass is 277 g/mol. The van der Waals surface area contributed by atoms with E-state index in [0.717, 1.165) is 10.9 Å². The molecule has 0 radical (unpaired) electrons. The van der Waals surface area contributed by atoms with Gasteiger partial charge in [0.1, 0.15) is 5.82 Å². The van der Waals surface area contributed by atoms with Crippen LogP contribution in [0.1, 0.15) is 0 Å². The van der Waals surface area contributed by atoms with E-state index in [0.29, 0.717) is 18.3 Å². The van der Waals surface area contributed by atoms with E-state index >= 15 is 0 Å². The number of nitrogen functional groups attached to an aromatic ring is 1. The fourth-order valence-electron chi connectivity index (χ4n) is 2.06. The van der Waals surface area contributed by atoms with Gasteiger partial charge in [-0.1, -0.05) is 12.1 Å². The molecule has 1 unspecified atom stereocenters. The molecule has 2 aromatic rings. The first-order valence-corrected chi connectivity index (χ1v) is 6.27. The molecular weight excluding hydrogens is 258 g/mol. The van der Waals surface area contributed by atoms with Gasteiger partial charge in [-0.15, -0.1) is 0 Å². The average Bonchev–Trinajstić information content (AvgIpc) is 2.46. The van der Waals surface area contributed by atoms with Crippen LogP contribution in [0, 0.1) is 0 Å². The molecule has 0 bridgehead atoms. The lowest BCUT2D eigenvalue weighted by Gasteiger charge is -2.23. The Kier molecular flexibility index (Phi) is 4.67. The van der Waals surface area contributed by atoms with Crippen molar-refractivity contribution in [3.8, 4) is 0 Å². The first-order valence-electron chi connectivity index (χ1n) is 6.27. The Bertz CT molecular complexity index is 578. The number of ether oxygens (including phenoxy) is 1. The highest BCUT2D eigenvalue weighted by atomic mass is 16.5. The summed E-state index contributed by atoms with van der Waals surface area (Å²) < 4.78 is 4.93. The minimum atomic E-state index is -0.590. The molecule has 7 heteroatoms. The second-order valence-electron chi connectivity index (χ2n) is 4.52. The van der Waals surface area contributed by atoms with E-state index in [2.05, 4.69) is 15.4 Å². The van der Waals surface area contributed by atoms with E-state index in [1.807, 2.05) is 36.2 Å². The SMILES string of the molecule is COCC(O)CN(C)c1nc(NN)nc2ccccc12. The van der Waals surface area contributed by atoms with Crippen LogP contribution in [0.15, 0.2) is 24.3 Å². The predicted octanol–water partition coefficient (Wildman–Crippen LogP) is 0.359. The summed E-state index contributed by atoms with van der Waals surface area (Å²) in [6.07, 6.45) is -0.590. The van der Waals surface area contributed by atoms with E-state index in [4.69, 9.17) is 10.6 Å². The Morgan fingerprint density at radius 1 is 1.40 bits per heavy atom. The quantitative estimate of drug-likeness (QED) is 0.518. The highest BCUT2D eigenvalue weighted by Crippen LogP contribution is 2.24. The summed E-state index contributed by atoms with van der Waals surface area (Å²) in [5.41, 5.74) is 3.25. The zero-order valence-electron chi connectivity index (χ0n) is 11.6. The van der Waals surface area contributed by atoms with Gasteiger partial charge in [0.2, 0.25) is 5.95 Å². The standard InChI is InChI=1S/C13H19N5O2/c1-18(7-9(19)8-20-2)12-10-5-3-4-6-11(10)15-13(16-12)17-14/h3-6,9,19H,7-8,14H2,1-2H3,(H,15,16,17). The lowest BCUT2D eigenvalue weighted by molar-refractivity contribution is 0.0694. The number of aliphatic hydroxyl groups is 1. The fraction of sp³-hybridized carbons (Fsp3) is 0.385. The number of benzene rings is 1. The number of fused-ring (bicyclic) bond motifs is 1. The molecule has 0 saturated carbocycles. The van der Waals surface area contributed by atoms with Crippen LogP contribution in [0.5, 0.6) is 0 Å². The van der Waals surface area contributed by atoms with Crippen LogP contribution in [-0.4, -0.2) is 48.5 Å². The first kappa shape index (κ1) is 14.4. The lowest BCUT2D eigenvalue weighted by Crippen LogP contribution is -2.32. The van der Waals surface area contributed by atoms with Crippen molar-refractivity contribution in [2.75, 3.05) is 37.6 Å². The number of likely N-dealkylation sites (N-methyl/N-ethyl adjacent to an activating group) is 1. The van der Waals surface area contributed by atoms with Gasteiger partial charge in [-0.05, 0) is 12.1 Å². The second kappa shape index (κ2) is 6.47. The molecule has 7 nitrogen and oxygen atoms in total. The van der Waals surface area contributed by atoms with E-state index in [1.54, 1.807) is 7.11 Å². The fourth-order valence-corrected chi connectivity index (χ4v) is 2.06. The number of para-hydroxylation sites is 1. The molecule has 4 N–H and O–H groups in total. The van der Waals surface area contributed by atoms with Crippen LogP contribution in [-0.2, 0) is 4.74 Å². The first-order chi connectivity index (χ1) is 9.65. The van der Waals surface area contributed by atoms with E-state index in [9.17, 15) is 5.11 Å². The van der Waals surface area contributed by atoms with Crippen LogP contribution >= 0.6 is 0 Å². The third-order valence-electron chi connectivity index (χ3n) is 2.92. The van der Waals surface area contributed by atoms with Crippen molar-refractivity contribution < 1.29 is 9.84 Å². The number of aliphatic hydroxyl groups excluding tert-OH is 1. The highest BCUT2D eigenvalue weighted by Gasteiger charge is 2.14. The van der Waals surface area contributed by atoms with Crippen molar-refractivity contribution in [3.63, 3.8) is 0 Å². The Balaban J connectivity index is 2.36. The summed E-state index contributed by atoms with van der Waals surface area (Å²) in [6, 6.07) is 7.65. The van der Waals surface area contributed by atoms with Crippen molar-refractivity contribution in [2.45, 2.75) is 6.10 Å². The Morgan fingerprint density at radius 2 is 2.15 bits per heavy atom. The summed E-state index contributed by atoms with van der Waals surface area (Å²) in [7, 11) is 3.41.